The van der Waals surface area contributed by atoms with Crippen molar-refractivity contribution in [3.05, 3.63) is 33.1 Å². The van der Waals surface area contributed by atoms with Crippen LogP contribution in [0, 0.1) is 0 Å². The van der Waals surface area contributed by atoms with E-state index in [4.69, 9.17) is 14.4 Å². The number of rotatable bonds is 8. The van der Waals surface area contributed by atoms with Crippen molar-refractivity contribution >= 4 is 15.6 Å². The minimum atomic E-state index is -5.75. The highest BCUT2D eigenvalue weighted by Crippen LogP contribution is 2.61. The largest absolute Gasteiger partial charge is 0.508 e. The summed E-state index contributed by atoms with van der Waals surface area (Å²) < 4.78 is 45.4. The lowest BCUT2D eigenvalue weighted by atomic mass is 9.80. The van der Waals surface area contributed by atoms with E-state index >= 15 is 0 Å². The summed E-state index contributed by atoms with van der Waals surface area (Å²) in [5.41, 5.74) is -5.57. The summed E-state index contributed by atoms with van der Waals surface area (Å²) in [5.74, 6) is -3.82. The van der Waals surface area contributed by atoms with E-state index in [0.717, 1.165) is 12.3 Å². The second kappa shape index (κ2) is 10.0. The van der Waals surface area contributed by atoms with Gasteiger partial charge >= 0.3 is 27.3 Å². The lowest BCUT2D eigenvalue weighted by Crippen LogP contribution is -2.77. The van der Waals surface area contributed by atoms with Gasteiger partial charge in [0.05, 0.1) is 6.61 Å². The molecule has 206 valence electrons. The first-order valence-electron chi connectivity index (χ1n) is 9.56. The van der Waals surface area contributed by atoms with Gasteiger partial charge in [-0.15, -0.1) is 4.67 Å². The van der Waals surface area contributed by atoms with E-state index in [2.05, 4.69) is 18.4 Å². The number of phosphoric ester groups is 1. The SMILES string of the molecule is COP(=O)(O)OP(=O)(O)OOC1(O)OCC(O)C(O)C1(O)C1OC(n2ccc(=O)[nH]c2=O)C(O)C1O. The number of aromatic nitrogens is 2. The van der Waals surface area contributed by atoms with Crippen LogP contribution in [0.5, 0.6) is 0 Å². The first-order chi connectivity index (χ1) is 16.5. The van der Waals surface area contributed by atoms with Gasteiger partial charge in [0.1, 0.15) is 30.5 Å². The van der Waals surface area contributed by atoms with E-state index in [0.29, 0.717) is 11.7 Å². The van der Waals surface area contributed by atoms with Crippen LogP contribution in [0.4, 0.5) is 0 Å². The summed E-state index contributed by atoms with van der Waals surface area (Å²) in [7, 11) is -10.3. The fourth-order valence-corrected chi connectivity index (χ4v) is 5.09. The lowest BCUT2D eigenvalue weighted by molar-refractivity contribution is -0.543. The Morgan fingerprint density at radius 2 is 1.75 bits per heavy atom. The zero-order valence-electron chi connectivity index (χ0n) is 17.8. The summed E-state index contributed by atoms with van der Waals surface area (Å²) in [4.78, 5) is 48.1. The number of nitrogens with zero attached hydrogens (tertiary/aromatic N) is 1. The topological polar surface area (TPSA) is 306 Å². The summed E-state index contributed by atoms with van der Waals surface area (Å²) >= 11 is 0. The molecule has 0 aromatic carbocycles. The highest BCUT2D eigenvalue weighted by Gasteiger charge is 2.72. The molecule has 2 aliphatic rings. The number of aromatic amines is 1. The van der Waals surface area contributed by atoms with Gasteiger partial charge < -0.3 is 49.9 Å². The third kappa shape index (κ3) is 5.26. The van der Waals surface area contributed by atoms with E-state index in [-0.39, 0.29) is 0 Å². The van der Waals surface area contributed by atoms with E-state index in [1.807, 2.05) is 4.98 Å². The fraction of sp³-hybridized carbons (Fsp3) is 0.714. The van der Waals surface area contributed by atoms with Gasteiger partial charge in [0.25, 0.3) is 5.56 Å². The summed E-state index contributed by atoms with van der Waals surface area (Å²) in [6.07, 6.45) is -12.5. The smallest absolute Gasteiger partial charge is 0.388 e. The van der Waals surface area contributed by atoms with Crippen molar-refractivity contribution in [1.82, 2.24) is 9.55 Å². The number of hydrogen-bond donors (Lipinski definition) is 9. The highest BCUT2D eigenvalue weighted by molar-refractivity contribution is 7.61. The summed E-state index contributed by atoms with van der Waals surface area (Å²) in [6, 6.07) is 0.834. The Balaban J connectivity index is 1.96. The van der Waals surface area contributed by atoms with Crippen molar-refractivity contribution in [3.8, 4) is 0 Å². The van der Waals surface area contributed by atoms with Crippen molar-refractivity contribution in [2.75, 3.05) is 13.7 Å². The molecule has 0 saturated carbocycles. The number of aliphatic hydroxyl groups is 6. The minimum absolute atomic E-state index is 0.556. The second-order valence-corrected chi connectivity index (χ2v) is 10.6. The van der Waals surface area contributed by atoms with Crippen LogP contribution in [0.15, 0.2) is 21.9 Å². The highest BCUT2D eigenvalue weighted by atomic mass is 31.3. The van der Waals surface area contributed by atoms with Gasteiger partial charge in [-0.2, -0.15) is 9.20 Å². The maximum Gasteiger partial charge on any atom is 0.508 e. The molecule has 9 N–H and O–H groups in total. The standard InChI is InChI=1S/C14H22N2O18P2/c1-29-35(25,26)34-36(27,28)33-32-14(24)13(23,9(21)5(17)4-30-14)10-7(19)8(20)11(31-10)16-3-2-6(18)15-12(16)22/h2-3,5,7-11,17,19-21,23-24H,4H2,1H3,(H,25,26)(H,27,28)(H,15,18,22). The minimum Gasteiger partial charge on any atom is -0.388 e. The summed E-state index contributed by atoms with van der Waals surface area (Å²) in [5, 5.41) is 63.3. The number of hydrogen-bond acceptors (Lipinski definition) is 16. The Labute approximate surface area is 198 Å². The third-order valence-corrected chi connectivity index (χ3v) is 7.63. The molecule has 1 aromatic heterocycles. The molecule has 3 rings (SSSR count). The third-order valence-electron chi connectivity index (χ3n) is 5.25. The first-order valence-corrected chi connectivity index (χ1v) is 12.5. The second-order valence-electron chi connectivity index (χ2n) is 7.54. The van der Waals surface area contributed by atoms with Gasteiger partial charge in [-0.25, -0.2) is 13.9 Å². The maximum atomic E-state index is 12.1. The molecule has 0 amide bonds. The van der Waals surface area contributed by atoms with Gasteiger partial charge in [-0.1, -0.05) is 0 Å². The van der Waals surface area contributed by atoms with Crippen LogP contribution in [-0.4, -0.2) is 106 Å². The normalized spacial score (nSPS) is 40.5. The maximum absolute atomic E-state index is 12.1. The Kier molecular flexibility index (Phi) is 8.13. The van der Waals surface area contributed by atoms with Crippen LogP contribution in [-0.2, 0) is 37.0 Å². The van der Waals surface area contributed by atoms with E-state index in [1.54, 1.807) is 0 Å². The predicted octanol–water partition coefficient (Wildman–Crippen LogP) is -4.90. The molecule has 2 fully saturated rings. The van der Waals surface area contributed by atoms with Crippen LogP contribution in [0.1, 0.15) is 6.23 Å². The molecule has 2 aliphatic heterocycles. The Hall–Kier alpha value is -1.42. The van der Waals surface area contributed by atoms with Crippen LogP contribution in [0.3, 0.4) is 0 Å². The van der Waals surface area contributed by atoms with Crippen LogP contribution >= 0.6 is 15.6 Å². The van der Waals surface area contributed by atoms with Gasteiger partial charge in [0.2, 0.25) is 5.60 Å². The predicted molar refractivity (Wildman–Crippen MR) is 105 cm³/mol. The molecule has 1 aromatic rings. The van der Waals surface area contributed by atoms with Gasteiger partial charge in [0.15, 0.2) is 6.23 Å². The molecule has 20 nitrogen and oxygen atoms in total. The number of ether oxygens (including phenoxy) is 2. The number of H-pyrrole nitrogens is 1. The Morgan fingerprint density at radius 1 is 1.11 bits per heavy atom. The Morgan fingerprint density at radius 3 is 2.33 bits per heavy atom. The molecule has 0 spiro atoms. The molecule has 3 heterocycles. The lowest BCUT2D eigenvalue weighted by Gasteiger charge is -2.50. The van der Waals surface area contributed by atoms with Crippen LogP contribution < -0.4 is 11.2 Å². The van der Waals surface area contributed by atoms with E-state index < -0.39 is 81.8 Å². The van der Waals surface area contributed by atoms with Crippen LogP contribution in [0.25, 0.3) is 0 Å². The monoisotopic (exact) mass is 568 g/mol. The molecular weight excluding hydrogens is 546 g/mol. The van der Waals surface area contributed by atoms with E-state index in [1.165, 1.54) is 0 Å². The number of aliphatic hydroxyl groups excluding tert-OH is 4. The molecule has 0 radical (unpaired) electrons. The molecular formula is C14H22N2O18P2. The van der Waals surface area contributed by atoms with Crippen molar-refractivity contribution in [1.29, 1.82) is 0 Å². The van der Waals surface area contributed by atoms with Gasteiger partial charge in [-0.05, 0) is 0 Å². The Bertz CT molecular complexity index is 1170. The zero-order chi connectivity index (χ0) is 27.3. The molecule has 2 saturated heterocycles. The zero-order valence-corrected chi connectivity index (χ0v) is 19.6. The molecule has 22 heteroatoms. The number of nitrogens with one attached hydrogen (secondary N) is 1. The molecule has 36 heavy (non-hydrogen) atoms. The summed E-state index contributed by atoms with van der Waals surface area (Å²) in [6.45, 7) is -1.04. The van der Waals surface area contributed by atoms with Gasteiger partial charge in [-0.3, -0.25) is 18.9 Å². The molecule has 0 bridgehead atoms. The molecule has 0 aliphatic carbocycles. The van der Waals surface area contributed by atoms with Crippen molar-refractivity contribution < 1.29 is 77.4 Å². The average Bonchev–Trinajstić information content (AvgIpc) is 3.08. The first kappa shape index (κ1) is 29.1. The number of phosphoric acid groups is 2. The average molecular weight is 568 g/mol. The van der Waals surface area contributed by atoms with Crippen molar-refractivity contribution in [3.63, 3.8) is 0 Å². The van der Waals surface area contributed by atoms with Crippen molar-refractivity contribution in [2.24, 2.45) is 0 Å². The van der Waals surface area contributed by atoms with Crippen LogP contribution in [0.2, 0.25) is 0 Å². The molecule has 10 unspecified atom stereocenters. The fourth-order valence-electron chi connectivity index (χ4n) is 3.48. The van der Waals surface area contributed by atoms with Crippen molar-refractivity contribution in [2.45, 2.75) is 48.3 Å². The van der Waals surface area contributed by atoms with Gasteiger partial charge in [0, 0.05) is 19.4 Å². The molecule has 10 atom stereocenters. The van der Waals surface area contributed by atoms with E-state index in [9.17, 15) is 54.3 Å². The quantitative estimate of drug-likeness (QED) is 0.0614.